The van der Waals surface area contributed by atoms with E-state index < -0.39 is 16.0 Å². The summed E-state index contributed by atoms with van der Waals surface area (Å²) in [7, 11) is -4.37. The monoisotopic (exact) mass is 429 g/mol. The second kappa shape index (κ2) is 7.71. The van der Waals surface area contributed by atoms with Crippen LogP contribution in [0.15, 0.2) is 40.9 Å². The minimum absolute atomic E-state index is 0.0798. The number of hydrogen-bond acceptors (Lipinski definition) is 5. The predicted octanol–water partition coefficient (Wildman–Crippen LogP) is 3.47. The molecule has 1 unspecified atom stereocenters. The van der Waals surface area contributed by atoms with Gasteiger partial charge in [0, 0.05) is 17.9 Å². The van der Waals surface area contributed by atoms with Gasteiger partial charge in [-0.1, -0.05) is 6.07 Å². The number of nitrogens with zero attached hydrogens (tertiary/aromatic N) is 1. The Morgan fingerprint density at radius 2 is 1.83 bits per heavy atom. The average molecular weight is 430 g/mol. The lowest BCUT2D eigenvalue weighted by Crippen LogP contribution is -2.54. The number of anilines is 1. The lowest BCUT2D eigenvalue weighted by Gasteiger charge is -2.59. The molecule has 0 aromatic heterocycles. The first-order valence-corrected chi connectivity index (χ1v) is 11.9. The number of carbonyl (C=O) groups is 1. The van der Waals surface area contributed by atoms with Crippen molar-refractivity contribution in [3.8, 4) is 6.07 Å². The van der Waals surface area contributed by atoms with E-state index in [4.69, 9.17) is 4.55 Å². The Hall–Kier alpha value is -2.37. The Morgan fingerprint density at radius 1 is 1.23 bits per heavy atom. The Morgan fingerprint density at radius 3 is 2.37 bits per heavy atom. The van der Waals surface area contributed by atoms with E-state index in [-0.39, 0.29) is 27.6 Å². The van der Waals surface area contributed by atoms with E-state index in [2.05, 4.69) is 17.6 Å². The van der Waals surface area contributed by atoms with E-state index in [0.717, 1.165) is 23.8 Å². The largest absolute Gasteiger partial charge is 0.387 e. The van der Waals surface area contributed by atoms with Crippen LogP contribution in [0.1, 0.15) is 45.4 Å². The van der Waals surface area contributed by atoms with Gasteiger partial charge in [-0.15, -0.1) is 0 Å². The third-order valence-electron chi connectivity index (χ3n) is 7.24. The van der Waals surface area contributed by atoms with Crippen LogP contribution in [0.2, 0.25) is 0 Å². The number of rotatable bonds is 6. The first-order chi connectivity index (χ1) is 14.2. The van der Waals surface area contributed by atoms with E-state index in [9.17, 15) is 18.5 Å². The highest BCUT2D eigenvalue weighted by Gasteiger charge is 2.53. The second-order valence-corrected chi connectivity index (χ2v) is 10.7. The molecule has 3 N–H and O–H groups in total. The standard InChI is InChI=1S/C22H27N3O4S/c1-14(22-9-15-5-16(10-22)7-17(6-15)11-22)24-13-18(12-23)21(26)25-19-3-2-4-20(8-19)30(27,28)29/h2-4,8,13-17,24H,5-7,9-11H2,1H3,(H,25,26)(H,27,28,29)/b18-13-. The minimum Gasteiger partial charge on any atom is -0.387 e. The van der Waals surface area contributed by atoms with Crippen LogP contribution in [0.3, 0.4) is 0 Å². The van der Waals surface area contributed by atoms with Crippen molar-refractivity contribution in [2.45, 2.75) is 56.4 Å². The van der Waals surface area contributed by atoms with Crippen molar-refractivity contribution >= 4 is 21.7 Å². The molecule has 5 rings (SSSR count). The van der Waals surface area contributed by atoms with Crippen molar-refractivity contribution in [2.75, 3.05) is 5.32 Å². The summed E-state index contributed by atoms with van der Waals surface area (Å²) in [5.41, 5.74) is 0.348. The maximum absolute atomic E-state index is 12.5. The molecule has 4 fully saturated rings. The summed E-state index contributed by atoms with van der Waals surface area (Å²) < 4.78 is 31.7. The molecule has 0 spiro atoms. The summed E-state index contributed by atoms with van der Waals surface area (Å²) in [6, 6.07) is 7.35. The van der Waals surface area contributed by atoms with Crippen molar-refractivity contribution in [1.82, 2.24) is 5.32 Å². The van der Waals surface area contributed by atoms with Crippen LogP contribution in [0, 0.1) is 34.5 Å². The number of nitriles is 1. The van der Waals surface area contributed by atoms with Gasteiger partial charge < -0.3 is 10.6 Å². The highest BCUT2D eigenvalue weighted by molar-refractivity contribution is 7.85. The quantitative estimate of drug-likeness (QED) is 0.362. The third-order valence-corrected chi connectivity index (χ3v) is 8.09. The lowest BCUT2D eigenvalue weighted by molar-refractivity contribution is -0.112. The molecule has 4 bridgehead atoms. The number of nitrogens with one attached hydrogen (secondary N) is 2. The first kappa shape index (κ1) is 20.9. The van der Waals surface area contributed by atoms with Crippen LogP contribution < -0.4 is 10.6 Å². The van der Waals surface area contributed by atoms with Crippen LogP contribution in [0.25, 0.3) is 0 Å². The van der Waals surface area contributed by atoms with Crippen LogP contribution >= 0.6 is 0 Å². The third kappa shape index (κ3) is 4.09. The maximum Gasteiger partial charge on any atom is 0.294 e. The smallest absolute Gasteiger partial charge is 0.294 e. The molecule has 1 amide bonds. The van der Waals surface area contributed by atoms with Gasteiger partial charge in [0.1, 0.15) is 11.6 Å². The Balaban J connectivity index is 1.44. The topological polar surface area (TPSA) is 119 Å². The fourth-order valence-electron chi connectivity index (χ4n) is 6.17. The Bertz CT molecular complexity index is 990. The normalized spacial score (nSPS) is 31.1. The second-order valence-electron chi connectivity index (χ2n) is 9.30. The van der Waals surface area contributed by atoms with Gasteiger partial charge in [0.2, 0.25) is 0 Å². The molecule has 1 aromatic rings. The van der Waals surface area contributed by atoms with E-state index in [0.29, 0.717) is 0 Å². The molecule has 1 aromatic carbocycles. The van der Waals surface area contributed by atoms with Gasteiger partial charge in [0.05, 0.1) is 4.90 Å². The van der Waals surface area contributed by atoms with Gasteiger partial charge in [-0.05, 0) is 86.8 Å². The molecule has 7 nitrogen and oxygen atoms in total. The highest BCUT2D eigenvalue weighted by atomic mass is 32.2. The van der Waals surface area contributed by atoms with Gasteiger partial charge in [0.25, 0.3) is 16.0 Å². The fourth-order valence-corrected chi connectivity index (χ4v) is 6.70. The number of amides is 1. The van der Waals surface area contributed by atoms with Gasteiger partial charge in [0.15, 0.2) is 0 Å². The van der Waals surface area contributed by atoms with E-state index in [1.54, 1.807) is 0 Å². The molecule has 0 aliphatic heterocycles. The van der Waals surface area contributed by atoms with Crippen molar-refractivity contribution in [3.05, 3.63) is 36.0 Å². The van der Waals surface area contributed by atoms with Crippen molar-refractivity contribution in [1.29, 1.82) is 5.26 Å². The summed E-state index contributed by atoms with van der Waals surface area (Å²) in [4.78, 5) is 12.2. The first-order valence-electron chi connectivity index (χ1n) is 10.4. The highest BCUT2D eigenvalue weighted by Crippen LogP contribution is 2.61. The Labute approximate surface area is 177 Å². The van der Waals surface area contributed by atoms with Crippen LogP contribution in [-0.2, 0) is 14.9 Å². The summed E-state index contributed by atoms with van der Waals surface area (Å²) in [6.07, 6.45) is 9.21. The zero-order valence-corrected chi connectivity index (χ0v) is 17.8. The number of carbonyl (C=O) groups excluding carboxylic acids is 1. The molecule has 0 saturated heterocycles. The molecule has 4 aliphatic rings. The van der Waals surface area contributed by atoms with Gasteiger partial charge >= 0.3 is 0 Å². The van der Waals surface area contributed by atoms with Crippen LogP contribution in [0.4, 0.5) is 5.69 Å². The van der Waals surface area contributed by atoms with Crippen molar-refractivity contribution in [2.24, 2.45) is 23.2 Å². The molecular weight excluding hydrogens is 402 g/mol. The predicted molar refractivity (Wildman–Crippen MR) is 112 cm³/mol. The molecule has 4 saturated carbocycles. The van der Waals surface area contributed by atoms with Crippen molar-refractivity contribution < 1.29 is 17.8 Å². The van der Waals surface area contributed by atoms with Gasteiger partial charge in [-0.2, -0.15) is 13.7 Å². The van der Waals surface area contributed by atoms with Gasteiger partial charge in [-0.3, -0.25) is 9.35 Å². The summed E-state index contributed by atoms with van der Waals surface area (Å²) >= 11 is 0. The van der Waals surface area contributed by atoms with Crippen LogP contribution in [-0.4, -0.2) is 24.9 Å². The van der Waals surface area contributed by atoms with E-state index >= 15 is 0 Å². The van der Waals surface area contributed by atoms with Gasteiger partial charge in [-0.25, -0.2) is 0 Å². The lowest BCUT2D eigenvalue weighted by atomic mass is 9.48. The van der Waals surface area contributed by atoms with E-state index in [1.165, 1.54) is 62.9 Å². The fraction of sp³-hybridized carbons (Fsp3) is 0.545. The zero-order chi connectivity index (χ0) is 21.5. The Kier molecular flexibility index (Phi) is 5.37. The number of benzene rings is 1. The summed E-state index contributed by atoms with van der Waals surface area (Å²) in [5.74, 6) is 1.82. The maximum atomic E-state index is 12.5. The molecule has 0 radical (unpaired) electrons. The molecule has 4 aliphatic carbocycles. The zero-order valence-electron chi connectivity index (χ0n) is 17.0. The van der Waals surface area contributed by atoms with E-state index in [1.807, 2.05) is 6.07 Å². The number of hydrogen-bond donors (Lipinski definition) is 3. The molecular formula is C22H27N3O4S. The molecule has 30 heavy (non-hydrogen) atoms. The van der Waals surface area contributed by atoms with Crippen molar-refractivity contribution in [3.63, 3.8) is 0 Å². The molecule has 1 atom stereocenters. The summed E-state index contributed by atoms with van der Waals surface area (Å²) in [6.45, 7) is 2.14. The van der Waals surface area contributed by atoms with Crippen LogP contribution in [0.5, 0.6) is 0 Å². The molecule has 8 heteroatoms. The SMILES string of the molecule is CC(N/C=C(/C#N)C(=O)Nc1cccc(S(=O)(=O)O)c1)C12CC3CC(CC(C3)C1)C2. The molecule has 160 valence electrons. The molecule has 0 heterocycles. The minimum atomic E-state index is -4.37. The summed E-state index contributed by atoms with van der Waals surface area (Å²) in [5, 5.41) is 15.3. The average Bonchev–Trinajstić information content (AvgIpc) is 2.66.